The van der Waals surface area contributed by atoms with Gasteiger partial charge in [0.1, 0.15) is 11.3 Å². The van der Waals surface area contributed by atoms with Gasteiger partial charge in [0, 0.05) is 23.9 Å². The van der Waals surface area contributed by atoms with Crippen LogP contribution < -0.4 is 16.0 Å². The second kappa shape index (κ2) is 6.93. The van der Waals surface area contributed by atoms with Gasteiger partial charge in [-0.05, 0) is 18.6 Å². The summed E-state index contributed by atoms with van der Waals surface area (Å²) in [4.78, 5) is 24.3. The maximum atomic E-state index is 12.5. The average Bonchev–Trinajstić information content (AvgIpc) is 2.53. The molecule has 2 rings (SSSR count). The fourth-order valence-electron chi connectivity index (χ4n) is 2.41. The monoisotopic (exact) mass is 300 g/mol. The Morgan fingerprint density at radius 1 is 1.23 bits per heavy atom. The quantitative estimate of drug-likeness (QED) is 0.890. The number of pyridine rings is 1. The van der Waals surface area contributed by atoms with Gasteiger partial charge in [0.2, 0.25) is 0 Å². The van der Waals surface area contributed by atoms with E-state index in [1.54, 1.807) is 31.5 Å². The van der Waals surface area contributed by atoms with Crippen LogP contribution in [-0.2, 0) is 6.54 Å². The number of hydrogen-bond acceptors (Lipinski definition) is 3. The van der Waals surface area contributed by atoms with Gasteiger partial charge in [-0.1, -0.05) is 31.5 Å². The van der Waals surface area contributed by atoms with Crippen LogP contribution in [0.4, 0.5) is 0 Å². The second-order valence-corrected chi connectivity index (χ2v) is 5.02. The van der Waals surface area contributed by atoms with Crippen molar-refractivity contribution in [1.82, 2.24) is 4.57 Å². The van der Waals surface area contributed by atoms with E-state index in [1.165, 1.54) is 4.57 Å². The van der Waals surface area contributed by atoms with Gasteiger partial charge in [-0.2, -0.15) is 0 Å². The lowest BCUT2D eigenvalue weighted by Crippen LogP contribution is -2.30. The molecule has 0 aliphatic heterocycles. The van der Waals surface area contributed by atoms with E-state index in [4.69, 9.17) is 10.5 Å². The number of carbonyl (C=O) groups excluding carboxylic acids is 1. The molecule has 116 valence electrons. The zero-order chi connectivity index (χ0) is 16.1. The molecule has 0 unspecified atom stereocenters. The Kier molecular flexibility index (Phi) is 4.99. The fourth-order valence-corrected chi connectivity index (χ4v) is 2.41. The summed E-state index contributed by atoms with van der Waals surface area (Å²) in [7, 11) is 1.55. The van der Waals surface area contributed by atoms with Gasteiger partial charge in [-0.25, -0.2) is 0 Å². The molecule has 0 saturated heterocycles. The summed E-state index contributed by atoms with van der Waals surface area (Å²) in [5, 5.41) is 0. The van der Waals surface area contributed by atoms with Gasteiger partial charge in [0.25, 0.3) is 11.5 Å². The first-order chi connectivity index (χ1) is 10.6. The molecule has 0 atom stereocenters. The van der Waals surface area contributed by atoms with Gasteiger partial charge in [-0.15, -0.1) is 0 Å². The SMILES string of the molecule is CCCCn1ccc(-c2ccccc2OC)c(C(N)=O)c1=O. The maximum Gasteiger partial charge on any atom is 0.264 e. The molecule has 2 N–H and O–H groups in total. The lowest BCUT2D eigenvalue weighted by atomic mass is 10.00. The minimum absolute atomic E-state index is 0.00287. The normalized spacial score (nSPS) is 10.5. The highest BCUT2D eigenvalue weighted by molar-refractivity contribution is 6.00. The molecule has 0 fully saturated rings. The number of nitrogens with zero attached hydrogens (tertiary/aromatic N) is 1. The largest absolute Gasteiger partial charge is 0.496 e. The van der Waals surface area contributed by atoms with E-state index in [2.05, 4.69) is 0 Å². The van der Waals surface area contributed by atoms with E-state index in [9.17, 15) is 9.59 Å². The van der Waals surface area contributed by atoms with E-state index in [0.29, 0.717) is 23.4 Å². The molecule has 0 spiro atoms. The van der Waals surface area contributed by atoms with Crippen LogP contribution in [0.3, 0.4) is 0 Å². The predicted molar refractivity (Wildman–Crippen MR) is 86.1 cm³/mol. The van der Waals surface area contributed by atoms with Crippen LogP contribution >= 0.6 is 0 Å². The summed E-state index contributed by atoms with van der Waals surface area (Å²) in [6.07, 6.45) is 3.53. The third-order valence-electron chi connectivity index (χ3n) is 3.56. The van der Waals surface area contributed by atoms with Crippen LogP contribution in [0.5, 0.6) is 5.75 Å². The Bertz CT molecular complexity index is 735. The molecular weight excluding hydrogens is 280 g/mol. The second-order valence-electron chi connectivity index (χ2n) is 5.02. The molecule has 0 aliphatic rings. The summed E-state index contributed by atoms with van der Waals surface area (Å²) in [5.74, 6) is -0.132. The number of aromatic nitrogens is 1. The van der Waals surface area contributed by atoms with Crippen LogP contribution in [0.15, 0.2) is 41.3 Å². The van der Waals surface area contributed by atoms with Crippen molar-refractivity contribution in [3.8, 4) is 16.9 Å². The highest BCUT2D eigenvalue weighted by Gasteiger charge is 2.18. The van der Waals surface area contributed by atoms with Crippen LogP contribution in [-0.4, -0.2) is 17.6 Å². The minimum Gasteiger partial charge on any atom is -0.496 e. The number of amides is 1. The maximum absolute atomic E-state index is 12.5. The Morgan fingerprint density at radius 3 is 2.59 bits per heavy atom. The highest BCUT2D eigenvalue weighted by atomic mass is 16.5. The summed E-state index contributed by atoms with van der Waals surface area (Å²) < 4.78 is 6.84. The van der Waals surface area contributed by atoms with Gasteiger partial charge >= 0.3 is 0 Å². The summed E-state index contributed by atoms with van der Waals surface area (Å²) in [6, 6.07) is 8.98. The number of primary amides is 1. The molecule has 0 aliphatic carbocycles. The molecule has 1 aromatic heterocycles. The van der Waals surface area contributed by atoms with Crippen molar-refractivity contribution in [2.45, 2.75) is 26.3 Å². The number of methoxy groups -OCH3 is 1. The molecule has 0 saturated carbocycles. The summed E-state index contributed by atoms with van der Waals surface area (Å²) >= 11 is 0. The average molecular weight is 300 g/mol. The number of para-hydroxylation sites is 1. The number of unbranched alkanes of at least 4 members (excludes halogenated alkanes) is 1. The number of aryl methyl sites for hydroxylation is 1. The van der Waals surface area contributed by atoms with Crippen molar-refractivity contribution < 1.29 is 9.53 Å². The first kappa shape index (κ1) is 15.8. The molecular formula is C17H20N2O3. The van der Waals surface area contributed by atoms with E-state index >= 15 is 0 Å². The Labute approximate surface area is 129 Å². The molecule has 0 bridgehead atoms. The van der Waals surface area contributed by atoms with Crippen molar-refractivity contribution in [3.63, 3.8) is 0 Å². The van der Waals surface area contributed by atoms with Gasteiger partial charge < -0.3 is 15.0 Å². The molecule has 2 aromatic rings. The van der Waals surface area contributed by atoms with E-state index in [-0.39, 0.29) is 11.1 Å². The van der Waals surface area contributed by atoms with Crippen molar-refractivity contribution in [1.29, 1.82) is 0 Å². The molecule has 22 heavy (non-hydrogen) atoms. The van der Waals surface area contributed by atoms with Gasteiger partial charge in [-0.3, -0.25) is 9.59 Å². The minimum atomic E-state index is -0.725. The summed E-state index contributed by atoms with van der Waals surface area (Å²) in [5.41, 5.74) is 6.28. The third-order valence-corrected chi connectivity index (χ3v) is 3.56. The number of nitrogens with two attached hydrogens (primary N) is 1. The van der Waals surface area contributed by atoms with Crippen molar-refractivity contribution in [3.05, 3.63) is 52.4 Å². The lowest BCUT2D eigenvalue weighted by Gasteiger charge is -2.13. The number of ether oxygens (including phenoxy) is 1. The molecule has 5 heteroatoms. The van der Waals surface area contributed by atoms with E-state index < -0.39 is 5.91 Å². The summed E-state index contributed by atoms with van der Waals surface area (Å²) in [6.45, 7) is 2.62. The van der Waals surface area contributed by atoms with Crippen LogP contribution in [0.1, 0.15) is 30.1 Å². The van der Waals surface area contributed by atoms with Crippen molar-refractivity contribution in [2.75, 3.05) is 7.11 Å². The third kappa shape index (κ3) is 3.03. The number of hydrogen-bond donors (Lipinski definition) is 1. The molecule has 1 heterocycles. The zero-order valence-corrected chi connectivity index (χ0v) is 12.8. The standard InChI is InChI=1S/C17H20N2O3/c1-3-4-10-19-11-9-13(15(16(18)20)17(19)21)12-7-5-6-8-14(12)22-2/h5-9,11H,3-4,10H2,1-2H3,(H2,18,20). The topological polar surface area (TPSA) is 74.3 Å². The molecule has 0 radical (unpaired) electrons. The van der Waals surface area contributed by atoms with Crippen LogP contribution in [0.25, 0.3) is 11.1 Å². The molecule has 1 amide bonds. The molecule has 1 aromatic carbocycles. The number of benzene rings is 1. The Hall–Kier alpha value is -2.56. The first-order valence-electron chi connectivity index (χ1n) is 7.26. The Balaban J connectivity index is 2.64. The van der Waals surface area contributed by atoms with Crippen molar-refractivity contribution >= 4 is 5.91 Å². The van der Waals surface area contributed by atoms with Crippen LogP contribution in [0, 0.1) is 0 Å². The number of carbonyl (C=O) groups is 1. The van der Waals surface area contributed by atoms with E-state index in [1.807, 2.05) is 19.1 Å². The Morgan fingerprint density at radius 2 is 1.95 bits per heavy atom. The molecule has 5 nitrogen and oxygen atoms in total. The zero-order valence-electron chi connectivity index (χ0n) is 12.8. The lowest BCUT2D eigenvalue weighted by molar-refractivity contribution is 0.0999. The smallest absolute Gasteiger partial charge is 0.264 e. The van der Waals surface area contributed by atoms with Crippen LogP contribution in [0.2, 0.25) is 0 Å². The predicted octanol–water partition coefficient (Wildman–Crippen LogP) is 2.42. The van der Waals surface area contributed by atoms with Crippen molar-refractivity contribution in [2.24, 2.45) is 5.73 Å². The van der Waals surface area contributed by atoms with Gasteiger partial charge in [0.15, 0.2) is 0 Å². The van der Waals surface area contributed by atoms with E-state index in [0.717, 1.165) is 12.8 Å². The fraction of sp³-hybridized carbons (Fsp3) is 0.294. The highest BCUT2D eigenvalue weighted by Crippen LogP contribution is 2.30. The van der Waals surface area contributed by atoms with Gasteiger partial charge in [0.05, 0.1) is 7.11 Å². The number of rotatable bonds is 6. The first-order valence-corrected chi connectivity index (χ1v) is 7.26.